The maximum atomic E-state index is 10.5. The quantitative estimate of drug-likeness (QED) is 0.700. The summed E-state index contributed by atoms with van der Waals surface area (Å²) >= 11 is 0. The Bertz CT molecular complexity index is 518. The van der Waals surface area contributed by atoms with Gasteiger partial charge in [-0.25, -0.2) is 0 Å². The summed E-state index contributed by atoms with van der Waals surface area (Å²) < 4.78 is 0. The average Bonchev–Trinajstić information content (AvgIpc) is 2.82. The zero-order valence-electron chi connectivity index (χ0n) is 14.4. The topological polar surface area (TPSA) is 20.2 Å². The molecule has 0 aromatic rings. The second-order valence-electron chi connectivity index (χ2n) is 8.89. The van der Waals surface area contributed by atoms with Crippen molar-refractivity contribution in [1.29, 1.82) is 0 Å². The highest BCUT2D eigenvalue weighted by Crippen LogP contribution is 2.66. The Hall–Kier alpha value is -0.560. The molecule has 4 aliphatic rings. The number of rotatable bonds is 1. The molecule has 4 rings (SSSR count). The molecule has 0 spiro atoms. The van der Waals surface area contributed by atoms with Crippen LogP contribution in [0.15, 0.2) is 23.8 Å². The van der Waals surface area contributed by atoms with E-state index >= 15 is 0 Å². The van der Waals surface area contributed by atoms with Gasteiger partial charge in [0.1, 0.15) is 0 Å². The first-order valence-electron chi connectivity index (χ1n) is 9.58. The van der Waals surface area contributed by atoms with Crippen molar-refractivity contribution in [2.75, 3.05) is 0 Å². The van der Waals surface area contributed by atoms with Gasteiger partial charge in [0, 0.05) is 0 Å². The Labute approximate surface area is 135 Å². The number of hydrogen-bond donors (Lipinski definition) is 1. The number of allylic oxidation sites excluding steroid dienone is 3. The van der Waals surface area contributed by atoms with Crippen LogP contribution in [0, 0.1) is 28.6 Å². The van der Waals surface area contributed by atoms with Gasteiger partial charge >= 0.3 is 0 Å². The van der Waals surface area contributed by atoms with E-state index < -0.39 is 0 Å². The van der Waals surface area contributed by atoms with Crippen molar-refractivity contribution >= 4 is 0 Å². The lowest BCUT2D eigenvalue weighted by Gasteiger charge is -2.59. The van der Waals surface area contributed by atoms with Crippen LogP contribution >= 0.6 is 0 Å². The van der Waals surface area contributed by atoms with Gasteiger partial charge in [-0.3, -0.25) is 0 Å². The number of aliphatic hydroxyl groups is 1. The predicted octanol–water partition coefficient (Wildman–Crippen LogP) is 5.26. The van der Waals surface area contributed by atoms with E-state index in [0.29, 0.717) is 5.41 Å². The van der Waals surface area contributed by atoms with Crippen LogP contribution in [0.5, 0.6) is 0 Å². The van der Waals surface area contributed by atoms with Crippen molar-refractivity contribution < 1.29 is 5.11 Å². The fraction of sp³-hybridized carbons (Fsp3) is 0.810. The molecule has 0 amide bonds. The lowest BCUT2D eigenvalue weighted by atomic mass is 9.46. The largest absolute Gasteiger partial charge is 0.393 e. The van der Waals surface area contributed by atoms with Crippen LogP contribution in [-0.2, 0) is 0 Å². The van der Waals surface area contributed by atoms with Gasteiger partial charge < -0.3 is 5.11 Å². The van der Waals surface area contributed by atoms with E-state index in [0.717, 1.165) is 24.2 Å². The molecule has 4 aliphatic carbocycles. The normalized spacial score (nSPS) is 50.9. The second kappa shape index (κ2) is 4.97. The smallest absolute Gasteiger partial charge is 0.0596 e. The molecule has 122 valence electrons. The van der Waals surface area contributed by atoms with Crippen LogP contribution in [0.3, 0.4) is 0 Å². The molecular formula is C21H32O. The molecule has 1 nitrogen and oxygen atoms in total. The Kier molecular flexibility index (Phi) is 3.39. The van der Waals surface area contributed by atoms with E-state index in [9.17, 15) is 5.11 Å². The Morgan fingerprint density at radius 1 is 1.14 bits per heavy atom. The molecule has 0 radical (unpaired) electrons. The summed E-state index contributed by atoms with van der Waals surface area (Å²) in [5, 5.41) is 10.5. The van der Waals surface area contributed by atoms with Crippen LogP contribution in [0.4, 0.5) is 0 Å². The molecule has 0 bridgehead atoms. The van der Waals surface area contributed by atoms with Gasteiger partial charge in [-0.05, 0) is 86.4 Å². The van der Waals surface area contributed by atoms with Crippen LogP contribution < -0.4 is 0 Å². The zero-order chi connectivity index (χ0) is 15.5. The van der Waals surface area contributed by atoms with E-state index in [-0.39, 0.29) is 11.5 Å². The second-order valence-corrected chi connectivity index (χ2v) is 8.89. The minimum atomic E-state index is -0.0425. The van der Waals surface area contributed by atoms with Crippen molar-refractivity contribution in [2.45, 2.75) is 77.7 Å². The van der Waals surface area contributed by atoms with E-state index in [4.69, 9.17) is 0 Å². The molecule has 0 saturated heterocycles. The van der Waals surface area contributed by atoms with E-state index in [2.05, 4.69) is 26.5 Å². The van der Waals surface area contributed by atoms with Crippen molar-refractivity contribution in [1.82, 2.24) is 0 Å². The molecule has 0 aromatic carbocycles. The lowest BCUT2D eigenvalue weighted by Crippen LogP contribution is -2.51. The summed E-state index contributed by atoms with van der Waals surface area (Å²) in [7, 11) is 0. The average molecular weight is 300 g/mol. The zero-order valence-corrected chi connectivity index (χ0v) is 14.4. The molecule has 3 saturated carbocycles. The van der Waals surface area contributed by atoms with Gasteiger partial charge in [0.25, 0.3) is 0 Å². The lowest BCUT2D eigenvalue weighted by molar-refractivity contribution is -0.0780. The fourth-order valence-electron chi connectivity index (χ4n) is 7.09. The molecule has 0 heterocycles. The van der Waals surface area contributed by atoms with Crippen molar-refractivity contribution in [3.05, 3.63) is 23.8 Å². The molecule has 0 aromatic heterocycles. The Morgan fingerprint density at radius 3 is 2.73 bits per heavy atom. The molecule has 1 N–H and O–H groups in total. The van der Waals surface area contributed by atoms with Gasteiger partial charge in [0.15, 0.2) is 0 Å². The van der Waals surface area contributed by atoms with Crippen LogP contribution in [0.2, 0.25) is 0 Å². The highest BCUT2D eigenvalue weighted by molar-refractivity contribution is 5.34. The Balaban J connectivity index is 1.71. The fourth-order valence-corrected chi connectivity index (χ4v) is 7.09. The standard InChI is InChI=1S/C21H32O/c1-4-21-12-9-14(2)13-15(21)5-6-16-17-7-8-19(22)20(17,3)11-10-18(16)21/h13,16-19,22H,2,4-12H2,1,3H3. The molecule has 0 aliphatic heterocycles. The summed E-state index contributed by atoms with van der Waals surface area (Å²) in [6.45, 7) is 9.04. The van der Waals surface area contributed by atoms with Gasteiger partial charge in [-0.1, -0.05) is 37.6 Å². The van der Waals surface area contributed by atoms with Crippen LogP contribution in [0.25, 0.3) is 0 Å². The monoisotopic (exact) mass is 300 g/mol. The Morgan fingerprint density at radius 2 is 1.95 bits per heavy atom. The van der Waals surface area contributed by atoms with E-state index in [1.165, 1.54) is 56.9 Å². The first-order chi connectivity index (χ1) is 10.5. The maximum absolute atomic E-state index is 10.5. The van der Waals surface area contributed by atoms with Gasteiger partial charge in [-0.15, -0.1) is 0 Å². The van der Waals surface area contributed by atoms with E-state index in [1.807, 2.05) is 0 Å². The minimum absolute atomic E-state index is 0.0425. The molecule has 6 atom stereocenters. The number of fused-ring (bicyclic) bond motifs is 5. The third-order valence-corrected chi connectivity index (χ3v) is 8.38. The summed E-state index contributed by atoms with van der Waals surface area (Å²) in [5.41, 5.74) is 3.78. The summed E-state index contributed by atoms with van der Waals surface area (Å²) in [6, 6.07) is 0. The van der Waals surface area contributed by atoms with Crippen molar-refractivity contribution in [3.8, 4) is 0 Å². The summed E-state index contributed by atoms with van der Waals surface area (Å²) in [5.74, 6) is 2.50. The van der Waals surface area contributed by atoms with Gasteiger partial charge in [0.05, 0.1) is 6.10 Å². The first kappa shape index (κ1) is 15.0. The predicted molar refractivity (Wildman–Crippen MR) is 91.5 cm³/mol. The van der Waals surface area contributed by atoms with Crippen molar-refractivity contribution in [2.24, 2.45) is 28.6 Å². The molecule has 3 fully saturated rings. The summed E-state index contributed by atoms with van der Waals surface area (Å²) in [4.78, 5) is 0. The molecule has 22 heavy (non-hydrogen) atoms. The first-order valence-corrected chi connectivity index (χ1v) is 9.58. The summed E-state index contributed by atoms with van der Waals surface area (Å²) in [6.07, 6.45) is 13.8. The third kappa shape index (κ3) is 1.81. The van der Waals surface area contributed by atoms with Crippen molar-refractivity contribution in [3.63, 3.8) is 0 Å². The third-order valence-electron chi connectivity index (χ3n) is 8.38. The maximum Gasteiger partial charge on any atom is 0.0596 e. The highest BCUT2D eigenvalue weighted by atomic mass is 16.3. The molecule has 1 heteroatoms. The molecular weight excluding hydrogens is 268 g/mol. The minimum Gasteiger partial charge on any atom is -0.393 e. The van der Waals surface area contributed by atoms with Crippen LogP contribution in [0.1, 0.15) is 71.6 Å². The number of hydrogen-bond acceptors (Lipinski definition) is 1. The highest BCUT2D eigenvalue weighted by Gasteiger charge is 2.59. The number of aliphatic hydroxyl groups excluding tert-OH is 1. The van der Waals surface area contributed by atoms with E-state index in [1.54, 1.807) is 5.57 Å². The SMILES string of the molecule is C=C1C=C2CCC3C(CCC4(C)C(O)CCC34)C2(CC)CC1. The van der Waals surface area contributed by atoms with Crippen LogP contribution in [-0.4, -0.2) is 11.2 Å². The molecule has 6 unspecified atom stereocenters. The van der Waals surface area contributed by atoms with Gasteiger partial charge in [0.2, 0.25) is 0 Å². The van der Waals surface area contributed by atoms with Gasteiger partial charge in [-0.2, -0.15) is 0 Å².